The molecule has 92 valence electrons. The monoisotopic (exact) mass is 240 g/mol. The zero-order chi connectivity index (χ0) is 11.9. The summed E-state index contributed by atoms with van der Waals surface area (Å²) in [6.07, 6.45) is 0.517. The Kier molecular flexibility index (Phi) is 7.03. The molecule has 0 spiro atoms. The van der Waals surface area contributed by atoms with Crippen LogP contribution >= 0.6 is 0 Å². The topological polar surface area (TPSA) is 127 Å². The number of sulfone groups is 1. The van der Waals surface area contributed by atoms with Crippen molar-refractivity contribution in [2.45, 2.75) is 24.9 Å². The summed E-state index contributed by atoms with van der Waals surface area (Å²) in [5.41, 5.74) is 11.0. The molecule has 2 atom stereocenters. The predicted octanol–water partition coefficient (Wildman–Crippen LogP) is -2.18. The van der Waals surface area contributed by atoms with E-state index in [-0.39, 0.29) is 37.6 Å². The van der Waals surface area contributed by atoms with Crippen LogP contribution in [0.4, 0.5) is 0 Å². The molecule has 0 aromatic carbocycles. The minimum Gasteiger partial charge on any atom is -0.396 e. The first-order valence-corrected chi connectivity index (χ1v) is 6.66. The van der Waals surface area contributed by atoms with Gasteiger partial charge in [-0.05, 0) is 12.8 Å². The lowest BCUT2D eigenvalue weighted by Crippen LogP contribution is -2.37. The molecular formula is C8H20N2O4S. The van der Waals surface area contributed by atoms with Crippen molar-refractivity contribution in [2.24, 2.45) is 11.5 Å². The summed E-state index contributed by atoms with van der Waals surface area (Å²) in [6, 6.07) is -1.11. The molecule has 2 unspecified atom stereocenters. The Balaban J connectivity index is 4.07. The third kappa shape index (κ3) is 7.69. The molecular weight excluding hydrogens is 220 g/mol. The van der Waals surface area contributed by atoms with Crippen molar-refractivity contribution in [3.8, 4) is 0 Å². The van der Waals surface area contributed by atoms with E-state index in [4.69, 9.17) is 21.7 Å². The van der Waals surface area contributed by atoms with Crippen LogP contribution < -0.4 is 11.5 Å². The molecule has 0 fully saturated rings. The van der Waals surface area contributed by atoms with Crippen LogP contribution in [-0.4, -0.2) is 55.4 Å². The van der Waals surface area contributed by atoms with Crippen molar-refractivity contribution in [3.05, 3.63) is 0 Å². The standard InChI is InChI=1S/C8H20N2O4S/c9-7(1-3-11)5-15(13,14)6-8(10)2-4-12/h7-8,11-12H,1-6,9-10H2. The maximum Gasteiger partial charge on any atom is 0.153 e. The highest BCUT2D eigenvalue weighted by molar-refractivity contribution is 7.91. The van der Waals surface area contributed by atoms with Crippen LogP contribution in [0.3, 0.4) is 0 Å². The molecule has 0 saturated heterocycles. The summed E-state index contributed by atoms with van der Waals surface area (Å²) in [7, 11) is -3.30. The fourth-order valence-corrected chi connectivity index (χ4v) is 2.99. The van der Waals surface area contributed by atoms with E-state index < -0.39 is 21.9 Å². The molecule has 6 nitrogen and oxygen atoms in total. The van der Waals surface area contributed by atoms with Gasteiger partial charge in [-0.25, -0.2) is 8.42 Å². The van der Waals surface area contributed by atoms with Gasteiger partial charge in [0.05, 0.1) is 11.5 Å². The van der Waals surface area contributed by atoms with Gasteiger partial charge in [0, 0.05) is 25.3 Å². The Labute approximate surface area is 90.2 Å². The number of aliphatic hydroxyl groups is 2. The molecule has 7 heteroatoms. The zero-order valence-corrected chi connectivity index (χ0v) is 9.49. The molecule has 15 heavy (non-hydrogen) atoms. The number of nitrogens with two attached hydrogens (primary N) is 2. The predicted molar refractivity (Wildman–Crippen MR) is 58.0 cm³/mol. The van der Waals surface area contributed by atoms with Crippen molar-refractivity contribution in [1.29, 1.82) is 0 Å². The second-order valence-corrected chi connectivity index (χ2v) is 5.78. The molecule has 0 radical (unpaired) electrons. The molecule has 0 aliphatic rings. The van der Waals surface area contributed by atoms with E-state index in [1.54, 1.807) is 0 Å². The smallest absolute Gasteiger partial charge is 0.153 e. The van der Waals surface area contributed by atoms with Gasteiger partial charge < -0.3 is 21.7 Å². The zero-order valence-electron chi connectivity index (χ0n) is 8.67. The van der Waals surface area contributed by atoms with Gasteiger partial charge in [-0.2, -0.15) is 0 Å². The maximum absolute atomic E-state index is 11.5. The third-order valence-corrected chi connectivity index (χ3v) is 3.81. The maximum atomic E-state index is 11.5. The van der Waals surface area contributed by atoms with Crippen molar-refractivity contribution in [1.82, 2.24) is 0 Å². The minimum atomic E-state index is -3.30. The van der Waals surface area contributed by atoms with Gasteiger partial charge in [0.1, 0.15) is 0 Å². The second-order valence-electron chi connectivity index (χ2n) is 3.62. The van der Waals surface area contributed by atoms with Crippen molar-refractivity contribution in [3.63, 3.8) is 0 Å². The van der Waals surface area contributed by atoms with Gasteiger partial charge in [0.2, 0.25) is 0 Å². The first-order chi connectivity index (χ1) is 6.91. The molecule has 0 aliphatic carbocycles. The normalized spacial score (nSPS) is 16.3. The SMILES string of the molecule is NC(CCO)CS(=O)(=O)CC(N)CCO. The number of hydrogen-bond donors (Lipinski definition) is 4. The van der Waals surface area contributed by atoms with Gasteiger partial charge in [0.25, 0.3) is 0 Å². The van der Waals surface area contributed by atoms with E-state index in [1.807, 2.05) is 0 Å². The second kappa shape index (κ2) is 7.13. The molecule has 0 aromatic rings. The van der Waals surface area contributed by atoms with Gasteiger partial charge in [-0.1, -0.05) is 0 Å². The molecule has 0 bridgehead atoms. The Bertz CT molecular complexity index is 235. The van der Waals surface area contributed by atoms with E-state index in [0.29, 0.717) is 0 Å². The summed E-state index contributed by atoms with van der Waals surface area (Å²) in [6.45, 7) is -0.251. The average Bonchev–Trinajstić information content (AvgIpc) is 2.01. The summed E-state index contributed by atoms with van der Waals surface area (Å²) >= 11 is 0. The molecule has 0 heterocycles. The summed E-state index contributed by atoms with van der Waals surface area (Å²) < 4.78 is 23.0. The molecule has 6 N–H and O–H groups in total. The summed E-state index contributed by atoms with van der Waals surface area (Å²) in [5, 5.41) is 17.1. The fourth-order valence-electron chi connectivity index (χ4n) is 1.22. The van der Waals surface area contributed by atoms with Crippen LogP contribution in [0.1, 0.15) is 12.8 Å². The highest BCUT2D eigenvalue weighted by atomic mass is 32.2. The van der Waals surface area contributed by atoms with Crippen LogP contribution in [-0.2, 0) is 9.84 Å². The molecule has 0 aromatic heterocycles. The fraction of sp³-hybridized carbons (Fsp3) is 1.00. The Morgan fingerprint density at radius 3 is 1.53 bits per heavy atom. The third-order valence-electron chi connectivity index (χ3n) is 1.94. The van der Waals surface area contributed by atoms with Gasteiger partial charge in [0.15, 0.2) is 9.84 Å². The van der Waals surface area contributed by atoms with E-state index >= 15 is 0 Å². The van der Waals surface area contributed by atoms with Crippen LogP contribution in [0.2, 0.25) is 0 Å². The van der Waals surface area contributed by atoms with E-state index in [9.17, 15) is 8.42 Å². The van der Waals surface area contributed by atoms with E-state index in [1.165, 1.54) is 0 Å². The first kappa shape index (κ1) is 14.8. The molecule has 0 amide bonds. The molecule has 0 rings (SSSR count). The lowest BCUT2D eigenvalue weighted by Gasteiger charge is -2.13. The number of aliphatic hydroxyl groups excluding tert-OH is 2. The first-order valence-electron chi connectivity index (χ1n) is 4.84. The Morgan fingerprint density at radius 2 is 1.27 bits per heavy atom. The summed E-state index contributed by atoms with van der Waals surface area (Å²) in [5.74, 6) is -0.348. The lowest BCUT2D eigenvalue weighted by atomic mass is 10.3. The quantitative estimate of drug-likeness (QED) is 0.382. The summed E-state index contributed by atoms with van der Waals surface area (Å²) in [4.78, 5) is 0. The highest BCUT2D eigenvalue weighted by Crippen LogP contribution is 2.00. The van der Waals surface area contributed by atoms with Gasteiger partial charge in [-0.3, -0.25) is 0 Å². The lowest BCUT2D eigenvalue weighted by molar-refractivity contribution is 0.278. The van der Waals surface area contributed by atoms with Crippen LogP contribution in [0, 0.1) is 0 Å². The van der Waals surface area contributed by atoms with Crippen LogP contribution in [0.5, 0.6) is 0 Å². The minimum absolute atomic E-state index is 0.126. The van der Waals surface area contributed by atoms with E-state index in [2.05, 4.69) is 0 Å². The van der Waals surface area contributed by atoms with E-state index in [0.717, 1.165) is 0 Å². The molecule has 0 aliphatic heterocycles. The Hall–Kier alpha value is -0.210. The van der Waals surface area contributed by atoms with Crippen molar-refractivity contribution in [2.75, 3.05) is 24.7 Å². The largest absolute Gasteiger partial charge is 0.396 e. The highest BCUT2D eigenvalue weighted by Gasteiger charge is 2.19. The molecule has 0 saturated carbocycles. The average molecular weight is 240 g/mol. The number of rotatable bonds is 8. The van der Waals surface area contributed by atoms with Crippen LogP contribution in [0.25, 0.3) is 0 Å². The van der Waals surface area contributed by atoms with Gasteiger partial charge >= 0.3 is 0 Å². The van der Waals surface area contributed by atoms with Crippen molar-refractivity contribution >= 4 is 9.84 Å². The van der Waals surface area contributed by atoms with Crippen LogP contribution in [0.15, 0.2) is 0 Å². The van der Waals surface area contributed by atoms with Crippen molar-refractivity contribution < 1.29 is 18.6 Å². The number of hydrogen-bond acceptors (Lipinski definition) is 6. The van der Waals surface area contributed by atoms with Gasteiger partial charge in [-0.15, -0.1) is 0 Å². The Morgan fingerprint density at radius 1 is 0.933 bits per heavy atom.